The Hall–Kier alpha value is -2.86. The SMILES string of the molecule is Cn1c(SC/C(O)=C(\C#N)c2nc3ccccc3s2)nnc1-c1ccc(Cl)cc1. The maximum Gasteiger partial charge on any atom is 0.191 e. The molecule has 0 radical (unpaired) electrons. The van der Waals surface area contributed by atoms with Crippen molar-refractivity contribution in [3.05, 3.63) is 64.3 Å². The number of rotatable bonds is 5. The van der Waals surface area contributed by atoms with Gasteiger partial charge in [-0.15, -0.1) is 21.5 Å². The lowest BCUT2D eigenvalue weighted by molar-refractivity contribution is 0.420. The quantitative estimate of drug-likeness (QED) is 0.257. The largest absolute Gasteiger partial charge is 0.510 e. The van der Waals surface area contributed by atoms with Gasteiger partial charge in [-0.05, 0) is 36.4 Å². The van der Waals surface area contributed by atoms with Crippen molar-refractivity contribution in [1.82, 2.24) is 19.7 Å². The Morgan fingerprint density at radius 1 is 1.21 bits per heavy atom. The van der Waals surface area contributed by atoms with E-state index in [2.05, 4.69) is 21.3 Å². The van der Waals surface area contributed by atoms with Gasteiger partial charge in [0.25, 0.3) is 0 Å². The molecule has 2 aromatic heterocycles. The lowest BCUT2D eigenvalue weighted by Crippen LogP contribution is -1.97. The third-order valence-corrected chi connectivity index (χ3v) is 6.52. The van der Waals surface area contributed by atoms with Crippen LogP contribution in [0.15, 0.2) is 59.4 Å². The van der Waals surface area contributed by atoms with Gasteiger partial charge in [0, 0.05) is 17.6 Å². The average Bonchev–Trinajstić information content (AvgIpc) is 3.31. The van der Waals surface area contributed by atoms with Gasteiger partial charge in [-0.3, -0.25) is 0 Å². The molecule has 0 bridgehead atoms. The Balaban J connectivity index is 1.56. The summed E-state index contributed by atoms with van der Waals surface area (Å²) in [7, 11) is 1.85. The number of aliphatic hydroxyl groups is 1. The summed E-state index contributed by atoms with van der Waals surface area (Å²) in [6.45, 7) is 0. The molecule has 29 heavy (non-hydrogen) atoms. The Bertz CT molecular complexity index is 1220. The first-order chi connectivity index (χ1) is 14.1. The number of thioether (sulfide) groups is 1. The third-order valence-electron chi connectivity index (χ3n) is 4.18. The molecule has 6 nitrogen and oxygen atoms in total. The molecule has 0 aliphatic heterocycles. The molecule has 1 N–H and O–H groups in total. The Kier molecular flexibility index (Phi) is 5.53. The van der Waals surface area contributed by atoms with Crippen molar-refractivity contribution in [2.45, 2.75) is 5.16 Å². The van der Waals surface area contributed by atoms with Crippen molar-refractivity contribution >= 4 is 50.5 Å². The fraction of sp³-hybridized carbons (Fsp3) is 0.100. The van der Waals surface area contributed by atoms with Crippen LogP contribution in [-0.4, -0.2) is 30.6 Å². The average molecular weight is 440 g/mol. The highest BCUT2D eigenvalue weighted by atomic mass is 35.5. The number of benzene rings is 2. The Labute approximate surface area is 180 Å². The fourth-order valence-electron chi connectivity index (χ4n) is 2.71. The second kappa shape index (κ2) is 8.25. The monoisotopic (exact) mass is 439 g/mol. The predicted molar refractivity (Wildman–Crippen MR) is 117 cm³/mol. The van der Waals surface area contributed by atoms with Crippen molar-refractivity contribution in [1.29, 1.82) is 5.26 Å². The van der Waals surface area contributed by atoms with Gasteiger partial charge in [0.15, 0.2) is 11.0 Å². The molecule has 0 unspecified atom stereocenters. The number of halogens is 1. The van der Waals surface area contributed by atoms with Gasteiger partial charge in [-0.2, -0.15) is 5.26 Å². The third kappa shape index (κ3) is 3.98. The van der Waals surface area contributed by atoms with Crippen LogP contribution < -0.4 is 0 Å². The molecular formula is C20H14ClN5OS2. The van der Waals surface area contributed by atoms with Crippen LogP contribution in [-0.2, 0) is 7.05 Å². The number of allylic oxidation sites excluding steroid dienone is 1. The highest BCUT2D eigenvalue weighted by molar-refractivity contribution is 7.99. The van der Waals surface area contributed by atoms with Crippen molar-refractivity contribution in [2.24, 2.45) is 7.05 Å². The summed E-state index contributed by atoms with van der Waals surface area (Å²) in [6, 6.07) is 17.0. The van der Waals surface area contributed by atoms with Crippen LogP contribution in [0.5, 0.6) is 0 Å². The van der Waals surface area contributed by atoms with Crippen LogP contribution in [0.1, 0.15) is 5.01 Å². The van der Waals surface area contributed by atoms with E-state index in [1.54, 1.807) is 12.1 Å². The number of para-hydroxylation sites is 1. The number of fused-ring (bicyclic) bond motifs is 1. The minimum absolute atomic E-state index is 0.0346. The van der Waals surface area contributed by atoms with Crippen LogP contribution in [0.3, 0.4) is 0 Å². The first kappa shape index (κ1) is 19.5. The summed E-state index contributed by atoms with van der Waals surface area (Å²) in [5.41, 5.74) is 1.88. The van der Waals surface area contributed by atoms with E-state index in [-0.39, 0.29) is 17.1 Å². The van der Waals surface area contributed by atoms with Crippen LogP contribution in [0, 0.1) is 11.3 Å². The zero-order chi connectivity index (χ0) is 20.4. The molecule has 4 aromatic rings. The highest BCUT2D eigenvalue weighted by Crippen LogP contribution is 2.30. The molecule has 0 saturated carbocycles. The molecule has 9 heteroatoms. The van der Waals surface area contributed by atoms with Crippen LogP contribution in [0.4, 0.5) is 0 Å². The molecule has 0 fully saturated rings. The van der Waals surface area contributed by atoms with E-state index in [0.29, 0.717) is 21.0 Å². The molecule has 0 aliphatic rings. The predicted octanol–water partition coefficient (Wildman–Crippen LogP) is 5.33. The van der Waals surface area contributed by atoms with Gasteiger partial charge in [0.1, 0.15) is 22.4 Å². The molecule has 0 atom stereocenters. The lowest BCUT2D eigenvalue weighted by atomic mass is 10.2. The molecular weight excluding hydrogens is 426 g/mol. The zero-order valence-electron chi connectivity index (χ0n) is 15.2. The normalized spacial score (nSPS) is 12.0. The molecule has 0 spiro atoms. The molecule has 2 heterocycles. The second-order valence-corrected chi connectivity index (χ2v) is 8.49. The molecule has 144 valence electrons. The van der Waals surface area contributed by atoms with E-state index >= 15 is 0 Å². The van der Waals surface area contributed by atoms with Gasteiger partial charge in [0.05, 0.1) is 16.0 Å². The Morgan fingerprint density at radius 2 is 1.97 bits per heavy atom. The topological polar surface area (TPSA) is 87.6 Å². The smallest absolute Gasteiger partial charge is 0.191 e. The van der Waals surface area contributed by atoms with E-state index < -0.39 is 0 Å². The summed E-state index contributed by atoms with van der Waals surface area (Å²) in [6.07, 6.45) is 0. The van der Waals surface area contributed by atoms with Crippen molar-refractivity contribution in [3.8, 4) is 17.5 Å². The van der Waals surface area contributed by atoms with E-state index in [9.17, 15) is 10.4 Å². The maximum atomic E-state index is 10.5. The van der Waals surface area contributed by atoms with Gasteiger partial charge in [0.2, 0.25) is 0 Å². The van der Waals surface area contributed by atoms with Gasteiger partial charge >= 0.3 is 0 Å². The van der Waals surface area contributed by atoms with Crippen molar-refractivity contribution in [3.63, 3.8) is 0 Å². The van der Waals surface area contributed by atoms with E-state index in [1.165, 1.54) is 23.1 Å². The minimum Gasteiger partial charge on any atom is -0.510 e. The van der Waals surface area contributed by atoms with E-state index in [1.807, 2.05) is 48.0 Å². The number of hydrogen-bond acceptors (Lipinski definition) is 7. The Morgan fingerprint density at radius 3 is 2.69 bits per heavy atom. The summed E-state index contributed by atoms with van der Waals surface area (Å²) < 4.78 is 2.81. The summed E-state index contributed by atoms with van der Waals surface area (Å²) >= 11 is 8.62. The number of hydrogen-bond donors (Lipinski definition) is 1. The summed E-state index contributed by atoms with van der Waals surface area (Å²) in [4.78, 5) is 4.45. The summed E-state index contributed by atoms with van der Waals surface area (Å²) in [5, 5.41) is 30.3. The number of aromatic nitrogens is 4. The standard InChI is InChI=1S/C20H14ClN5OS2/c1-26-18(12-6-8-13(21)9-7-12)24-25-20(26)28-11-16(27)14(10-22)19-23-15-4-2-3-5-17(15)29-19/h2-9,27H,11H2,1H3/b16-14-. The second-order valence-electron chi connectivity index (χ2n) is 6.08. The molecule has 0 amide bonds. The van der Waals surface area contributed by atoms with Gasteiger partial charge in [-0.1, -0.05) is 35.5 Å². The van der Waals surface area contributed by atoms with Crippen LogP contribution >= 0.6 is 34.7 Å². The van der Waals surface area contributed by atoms with Crippen molar-refractivity contribution in [2.75, 3.05) is 5.75 Å². The molecule has 2 aromatic carbocycles. The van der Waals surface area contributed by atoms with Crippen LogP contribution in [0.25, 0.3) is 27.2 Å². The highest BCUT2D eigenvalue weighted by Gasteiger charge is 2.16. The minimum atomic E-state index is -0.0346. The van der Waals surface area contributed by atoms with E-state index in [0.717, 1.165) is 15.8 Å². The number of nitriles is 1. The maximum absolute atomic E-state index is 10.5. The first-order valence-corrected chi connectivity index (χ1v) is 10.7. The van der Waals surface area contributed by atoms with Gasteiger partial charge in [-0.25, -0.2) is 4.98 Å². The van der Waals surface area contributed by atoms with Crippen LogP contribution in [0.2, 0.25) is 5.02 Å². The molecule has 0 aliphatic carbocycles. The first-order valence-electron chi connectivity index (χ1n) is 8.53. The molecule has 0 saturated heterocycles. The number of nitrogens with zero attached hydrogens (tertiary/aromatic N) is 5. The molecule has 4 rings (SSSR count). The zero-order valence-corrected chi connectivity index (χ0v) is 17.6. The van der Waals surface area contributed by atoms with Crippen molar-refractivity contribution < 1.29 is 5.11 Å². The lowest BCUT2D eigenvalue weighted by Gasteiger charge is -2.05. The number of aliphatic hydroxyl groups excluding tert-OH is 1. The number of thiazole rings is 1. The fourth-order valence-corrected chi connectivity index (χ4v) is 4.61. The van der Waals surface area contributed by atoms with E-state index in [4.69, 9.17) is 11.6 Å². The van der Waals surface area contributed by atoms with Gasteiger partial charge < -0.3 is 9.67 Å². The summed E-state index contributed by atoms with van der Waals surface area (Å²) in [5.74, 6) is 0.845.